The molecule has 2 aromatic heterocycles. The lowest BCUT2D eigenvalue weighted by molar-refractivity contribution is 0.0949. The lowest BCUT2D eigenvalue weighted by atomic mass is 10.1. The van der Waals surface area contributed by atoms with Gasteiger partial charge in [0.25, 0.3) is 11.5 Å². The number of aryl methyl sites for hydroxylation is 1. The predicted molar refractivity (Wildman–Crippen MR) is 135 cm³/mol. The highest BCUT2D eigenvalue weighted by atomic mass is 32.1. The quantitative estimate of drug-likeness (QED) is 0.400. The first-order chi connectivity index (χ1) is 16.0. The maximum atomic E-state index is 13.3. The second-order valence-corrected chi connectivity index (χ2v) is 8.92. The van der Waals surface area contributed by atoms with Crippen LogP contribution in [0.4, 0.5) is 0 Å². The van der Waals surface area contributed by atoms with Gasteiger partial charge in [-0.2, -0.15) is 0 Å². The highest BCUT2D eigenvalue weighted by molar-refractivity contribution is 7.22. The highest BCUT2D eigenvalue weighted by Crippen LogP contribution is 2.39. The summed E-state index contributed by atoms with van der Waals surface area (Å²) in [7, 11) is 1.76. The van der Waals surface area contributed by atoms with Gasteiger partial charge in [0.1, 0.15) is 16.9 Å². The Bertz CT molecular complexity index is 1320. The number of nitrogens with one attached hydrogen (secondary N) is 1. The summed E-state index contributed by atoms with van der Waals surface area (Å²) in [6.07, 6.45) is 0. The van der Waals surface area contributed by atoms with Crippen LogP contribution in [0.3, 0.4) is 0 Å². The topological polar surface area (TPSA) is 63.6 Å². The molecule has 0 aliphatic rings. The third kappa shape index (κ3) is 4.65. The van der Waals surface area contributed by atoms with Gasteiger partial charge in [-0.15, -0.1) is 11.3 Å². The Balaban J connectivity index is 1.77. The van der Waals surface area contributed by atoms with Gasteiger partial charge in [-0.25, -0.2) is 0 Å². The van der Waals surface area contributed by atoms with E-state index in [1.807, 2.05) is 54.6 Å². The zero-order valence-electron chi connectivity index (χ0n) is 19.3. The lowest BCUT2D eigenvalue weighted by Crippen LogP contribution is -2.34. The van der Waals surface area contributed by atoms with Crippen LogP contribution in [0.1, 0.15) is 29.1 Å². The first-order valence-corrected chi connectivity index (χ1v) is 12.1. The number of thiophene rings is 1. The molecule has 0 saturated heterocycles. The minimum atomic E-state index is -0.211. The summed E-state index contributed by atoms with van der Waals surface area (Å²) in [5.41, 5.74) is 1.65. The molecular weight excluding hydrogens is 434 g/mol. The number of ether oxygens (including phenoxy) is 1. The molecule has 0 aliphatic heterocycles. The van der Waals surface area contributed by atoms with Gasteiger partial charge in [-0.05, 0) is 24.7 Å². The second-order valence-electron chi connectivity index (χ2n) is 7.90. The van der Waals surface area contributed by atoms with Crippen molar-refractivity contribution in [2.75, 3.05) is 26.2 Å². The molecule has 4 aromatic rings. The van der Waals surface area contributed by atoms with Gasteiger partial charge >= 0.3 is 0 Å². The largest absolute Gasteiger partial charge is 0.486 e. The Labute approximate surface area is 197 Å². The molecule has 1 amide bonds. The summed E-state index contributed by atoms with van der Waals surface area (Å²) in [5.74, 6) is 0.156. The zero-order chi connectivity index (χ0) is 23.4. The zero-order valence-corrected chi connectivity index (χ0v) is 20.1. The third-order valence-corrected chi connectivity index (χ3v) is 7.14. The van der Waals surface area contributed by atoms with Gasteiger partial charge in [0, 0.05) is 25.5 Å². The van der Waals surface area contributed by atoms with E-state index < -0.39 is 0 Å². The highest BCUT2D eigenvalue weighted by Gasteiger charge is 2.25. The molecule has 0 aliphatic carbocycles. The fourth-order valence-corrected chi connectivity index (χ4v) is 5.19. The lowest BCUT2D eigenvalue weighted by Gasteiger charge is -2.18. The normalized spacial score (nSPS) is 11.4. The van der Waals surface area contributed by atoms with Gasteiger partial charge in [-0.1, -0.05) is 62.4 Å². The van der Waals surface area contributed by atoms with Crippen molar-refractivity contribution in [3.63, 3.8) is 0 Å². The molecule has 1 N–H and O–H groups in total. The molecule has 172 valence electrons. The number of carbonyl (C=O) groups is 1. The predicted octanol–water partition coefficient (Wildman–Crippen LogP) is 4.40. The summed E-state index contributed by atoms with van der Waals surface area (Å²) in [5, 5.41) is 4.42. The number of pyridine rings is 1. The van der Waals surface area contributed by atoms with Crippen molar-refractivity contribution < 1.29 is 9.53 Å². The average molecular weight is 464 g/mol. The minimum Gasteiger partial charge on any atom is -0.486 e. The van der Waals surface area contributed by atoms with Gasteiger partial charge < -0.3 is 19.5 Å². The number of nitrogens with zero attached hydrogens (tertiary/aromatic N) is 2. The smallest absolute Gasteiger partial charge is 0.265 e. The SMILES string of the molecule is CCN(CC)CCNC(=O)c1sc2c(c1OCc1ccccc1)c(=O)n(C)c1ccccc21. The summed E-state index contributed by atoms with van der Waals surface area (Å²) in [6.45, 7) is 7.66. The number of carbonyl (C=O) groups excluding carboxylic acids is 1. The van der Waals surface area contributed by atoms with Crippen LogP contribution in [0.5, 0.6) is 5.75 Å². The van der Waals surface area contributed by atoms with Gasteiger partial charge in [0.2, 0.25) is 0 Å². The number of hydrogen-bond acceptors (Lipinski definition) is 5. The molecule has 0 fully saturated rings. The fraction of sp³-hybridized carbons (Fsp3) is 0.308. The number of benzene rings is 2. The molecule has 4 rings (SSSR count). The average Bonchev–Trinajstić information content (AvgIpc) is 3.24. The van der Waals surface area contributed by atoms with Crippen LogP contribution in [0.2, 0.25) is 0 Å². The number of aromatic nitrogens is 1. The van der Waals surface area contributed by atoms with E-state index in [4.69, 9.17) is 4.74 Å². The molecule has 0 unspecified atom stereocenters. The summed E-state index contributed by atoms with van der Waals surface area (Å²) in [4.78, 5) is 29.3. The van der Waals surface area contributed by atoms with Crippen molar-refractivity contribution in [1.29, 1.82) is 0 Å². The second kappa shape index (κ2) is 10.2. The molecule has 0 atom stereocenters. The Hall–Kier alpha value is -3.16. The van der Waals surface area contributed by atoms with E-state index in [9.17, 15) is 9.59 Å². The summed E-state index contributed by atoms with van der Waals surface area (Å²) in [6, 6.07) is 17.5. The molecule has 0 saturated carbocycles. The van der Waals surface area contributed by atoms with Crippen molar-refractivity contribution in [3.8, 4) is 5.75 Å². The maximum Gasteiger partial charge on any atom is 0.265 e. The minimum absolute atomic E-state index is 0.162. The Morgan fingerprint density at radius 3 is 2.48 bits per heavy atom. The number of amides is 1. The number of rotatable bonds is 9. The number of para-hydroxylation sites is 1. The van der Waals surface area contributed by atoms with Crippen molar-refractivity contribution in [2.45, 2.75) is 20.5 Å². The Morgan fingerprint density at radius 2 is 1.76 bits per heavy atom. The van der Waals surface area contributed by atoms with E-state index in [0.717, 1.165) is 40.8 Å². The van der Waals surface area contributed by atoms with E-state index in [0.29, 0.717) is 22.6 Å². The van der Waals surface area contributed by atoms with Crippen LogP contribution in [0, 0.1) is 0 Å². The third-order valence-electron chi connectivity index (χ3n) is 5.93. The van der Waals surface area contributed by atoms with E-state index in [-0.39, 0.29) is 18.1 Å². The van der Waals surface area contributed by atoms with E-state index >= 15 is 0 Å². The fourth-order valence-electron chi connectivity index (χ4n) is 4.00. The van der Waals surface area contributed by atoms with Crippen LogP contribution >= 0.6 is 11.3 Å². The van der Waals surface area contributed by atoms with Crippen molar-refractivity contribution >= 4 is 38.2 Å². The van der Waals surface area contributed by atoms with Crippen LogP contribution in [-0.4, -0.2) is 41.6 Å². The van der Waals surface area contributed by atoms with Crippen LogP contribution < -0.4 is 15.6 Å². The number of hydrogen-bond donors (Lipinski definition) is 1. The van der Waals surface area contributed by atoms with E-state index in [1.165, 1.54) is 11.3 Å². The van der Waals surface area contributed by atoms with Crippen LogP contribution in [0.15, 0.2) is 59.4 Å². The standard InChI is InChI=1S/C26H29N3O3S/c1-4-29(5-2)16-15-27-25(30)24-22(32-17-18-11-7-6-8-12-18)21-23(33-24)19-13-9-10-14-20(19)28(3)26(21)31/h6-14H,4-5,15-17H2,1-3H3,(H,27,30). The molecule has 0 bridgehead atoms. The maximum absolute atomic E-state index is 13.3. The Morgan fingerprint density at radius 1 is 1.06 bits per heavy atom. The molecule has 0 radical (unpaired) electrons. The first kappa shape index (κ1) is 23.0. The van der Waals surface area contributed by atoms with E-state index in [2.05, 4.69) is 24.1 Å². The molecule has 7 heteroatoms. The number of fused-ring (bicyclic) bond motifs is 3. The van der Waals surface area contributed by atoms with E-state index in [1.54, 1.807) is 11.6 Å². The Kier molecular flexibility index (Phi) is 7.11. The molecule has 2 aromatic carbocycles. The molecule has 2 heterocycles. The number of likely N-dealkylation sites (N-methyl/N-ethyl adjacent to an activating group) is 1. The molecule has 0 spiro atoms. The summed E-state index contributed by atoms with van der Waals surface area (Å²) >= 11 is 1.33. The van der Waals surface area contributed by atoms with Crippen LogP contribution in [-0.2, 0) is 13.7 Å². The van der Waals surface area contributed by atoms with Gasteiger partial charge in [-0.3, -0.25) is 9.59 Å². The molecule has 6 nitrogen and oxygen atoms in total. The monoisotopic (exact) mass is 463 g/mol. The summed E-state index contributed by atoms with van der Waals surface area (Å²) < 4.78 is 8.59. The van der Waals surface area contributed by atoms with Gasteiger partial charge in [0.15, 0.2) is 5.75 Å². The first-order valence-electron chi connectivity index (χ1n) is 11.3. The van der Waals surface area contributed by atoms with Gasteiger partial charge in [0.05, 0.1) is 10.2 Å². The van der Waals surface area contributed by atoms with Crippen LogP contribution in [0.25, 0.3) is 21.0 Å². The van der Waals surface area contributed by atoms with Crippen molar-refractivity contribution in [1.82, 2.24) is 14.8 Å². The van der Waals surface area contributed by atoms with Crippen molar-refractivity contribution in [2.24, 2.45) is 7.05 Å². The molecule has 33 heavy (non-hydrogen) atoms. The van der Waals surface area contributed by atoms with Crippen molar-refractivity contribution in [3.05, 3.63) is 75.4 Å². The molecular formula is C26H29N3O3S.